The number of benzene rings is 3. The maximum Gasteiger partial charge on any atom is 0.253 e. The number of fused-ring (bicyclic) bond motifs is 1. The smallest absolute Gasteiger partial charge is 0.253 e. The van der Waals surface area contributed by atoms with Crippen molar-refractivity contribution in [2.45, 2.75) is 39.3 Å². The molecule has 5 heteroatoms. The first kappa shape index (κ1) is 21.1. The van der Waals surface area contributed by atoms with Crippen molar-refractivity contribution < 1.29 is 4.79 Å². The molecule has 1 unspecified atom stereocenters. The second-order valence-corrected chi connectivity index (χ2v) is 8.52. The highest BCUT2D eigenvalue weighted by Crippen LogP contribution is 2.24. The van der Waals surface area contributed by atoms with E-state index in [9.17, 15) is 4.79 Å². The molecule has 158 valence electrons. The quantitative estimate of drug-likeness (QED) is 0.386. The van der Waals surface area contributed by atoms with Crippen molar-refractivity contribution in [3.63, 3.8) is 0 Å². The van der Waals surface area contributed by atoms with Gasteiger partial charge in [-0.3, -0.25) is 4.79 Å². The molecule has 4 aromatic rings. The number of hydrogen-bond donors (Lipinski definition) is 1. The highest BCUT2D eigenvalue weighted by atomic mass is 35.5. The standard InChI is InChI=1S/C26H26ClN3O/c1-17(2)20-14-12-19(13-15-20)16-30-24-11-7-6-10-23(24)29-25(30)18(3)28-26(31)21-8-4-5-9-22(21)27/h4-15,17-18H,16H2,1-3H3,(H,28,31). The summed E-state index contributed by atoms with van der Waals surface area (Å²) in [5, 5.41) is 3.49. The molecule has 0 saturated heterocycles. The van der Waals surface area contributed by atoms with Gasteiger partial charge in [-0.15, -0.1) is 0 Å². The van der Waals surface area contributed by atoms with Crippen molar-refractivity contribution in [3.05, 3.63) is 100 Å². The summed E-state index contributed by atoms with van der Waals surface area (Å²) in [7, 11) is 0. The van der Waals surface area contributed by atoms with E-state index in [1.165, 1.54) is 11.1 Å². The second-order valence-electron chi connectivity index (χ2n) is 8.12. The van der Waals surface area contributed by atoms with E-state index in [4.69, 9.17) is 16.6 Å². The number of para-hydroxylation sites is 2. The van der Waals surface area contributed by atoms with Crippen LogP contribution in [0, 0.1) is 0 Å². The van der Waals surface area contributed by atoms with Crippen molar-refractivity contribution in [1.29, 1.82) is 0 Å². The zero-order valence-electron chi connectivity index (χ0n) is 18.0. The Morgan fingerprint density at radius 2 is 1.65 bits per heavy atom. The Morgan fingerprint density at radius 3 is 2.35 bits per heavy atom. The Bertz CT molecular complexity index is 1210. The van der Waals surface area contributed by atoms with Crippen LogP contribution in [0.5, 0.6) is 0 Å². The molecule has 0 fully saturated rings. The maximum absolute atomic E-state index is 12.8. The van der Waals surface area contributed by atoms with E-state index in [0.29, 0.717) is 23.0 Å². The van der Waals surface area contributed by atoms with Crippen LogP contribution in [0.25, 0.3) is 11.0 Å². The monoisotopic (exact) mass is 431 g/mol. The number of rotatable bonds is 6. The van der Waals surface area contributed by atoms with Crippen LogP contribution < -0.4 is 5.32 Å². The van der Waals surface area contributed by atoms with Crippen LogP contribution in [-0.4, -0.2) is 15.5 Å². The SMILES string of the molecule is CC(C)c1ccc(Cn2c(C(C)NC(=O)c3ccccc3Cl)nc3ccccc32)cc1. The fraction of sp³-hybridized carbons (Fsp3) is 0.231. The maximum atomic E-state index is 12.8. The largest absolute Gasteiger partial charge is 0.342 e. The first-order chi connectivity index (χ1) is 14.9. The molecule has 0 saturated carbocycles. The summed E-state index contributed by atoms with van der Waals surface area (Å²) in [6.45, 7) is 7.02. The number of carbonyl (C=O) groups excluding carboxylic acids is 1. The summed E-state index contributed by atoms with van der Waals surface area (Å²) in [5.41, 5.74) is 4.93. The number of halogens is 1. The highest BCUT2D eigenvalue weighted by molar-refractivity contribution is 6.33. The van der Waals surface area contributed by atoms with Crippen LogP contribution in [0.1, 0.15) is 60.0 Å². The first-order valence-corrected chi connectivity index (χ1v) is 10.9. The molecule has 0 aliphatic rings. The normalized spacial score (nSPS) is 12.3. The number of hydrogen-bond acceptors (Lipinski definition) is 2. The predicted octanol–water partition coefficient (Wildman–Crippen LogP) is 6.35. The summed E-state index contributed by atoms with van der Waals surface area (Å²) >= 11 is 6.20. The lowest BCUT2D eigenvalue weighted by Crippen LogP contribution is -2.29. The fourth-order valence-electron chi connectivity index (χ4n) is 3.77. The van der Waals surface area contributed by atoms with Crippen molar-refractivity contribution in [2.24, 2.45) is 0 Å². The Kier molecular flexibility index (Phi) is 6.10. The number of imidazole rings is 1. The van der Waals surface area contributed by atoms with Gasteiger partial charge in [-0.25, -0.2) is 4.98 Å². The fourth-order valence-corrected chi connectivity index (χ4v) is 3.99. The van der Waals surface area contributed by atoms with E-state index in [2.05, 4.69) is 54.1 Å². The first-order valence-electron chi connectivity index (χ1n) is 10.5. The molecule has 0 aliphatic carbocycles. The van der Waals surface area contributed by atoms with Crippen LogP contribution in [0.15, 0.2) is 72.8 Å². The van der Waals surface area contributed by atoms with Crippen LogP contribution >= 0.6 is 11.6 Å². The number of amides is 1. The van der Waals surface area contributed by atoms with Gasteiger partial charge in [0.15, 0.2) is 0 Å². The Balaban J connectivity index is 1.66. The van der Waals surface area contributed by atoms with E-state index in [1.807, 2.05) is 37.3 Å². The number of carbonyl (C=O) groups is 1. The summed E-state index contributed by atoms with van der Waals surface area (Å²) in [6, 6.07) is 23.5. The highest BCUT2D eigenvalue weighted by Gasteiger charge is 2.20. The second kappa shape index (κ2) is 8.94. The Labute approximate surface area is 187 Å². The van der Waals surface area contributed by atoms with Gasteiger partial charge >= 0.3 is 0 Å². The van der Waals surface area contributed by atoms with E-state index in [-0.39, 0.29) is 11.9 Å². The third kappa shape index (κ3) is 4.49. The molecule has 31 heavy (non-hydrogen) atoms. The Hall–Kier alpha value is -3.11. The third-order valence-corrected chi connectivity index (χ3v) is 5.85. The van der Waals surface area contributed by atoms with E-state index >= 15 is 0 Å². The van der Waals surface area contributed by atoms with Gasteiger partial charge in [0.25, 0.3) is 5.91 Å². The third-order valence-electron chi connectivity index (χ3n) is 5.52. The molecule has 1 aromatic heterocycles. The molecular formula is C26H26ClN3O. The van der Waals surface area contributed by atoms with Crippen LogP contribution in [0.4, 0.5) is 0 Å². The zero-order chi connectivity index (χ0) is 22.0. The lowest BCUT2D eigenvalue weighted by atomic mass is 10.0. The molecule has 4 rings (SSSR count). The molecule has 0 spiro atoms. The molecule has 0 aliphatic heterocycles. The zero-order valence-corrected chi connectivity index (χ0v) is 18.7. The van der Waals surface area contributed by atoms with E-state index in [1.54, 1.807) is 12.1 Å². The van der Waals surface area contributed by atoms with Gasteiger partial charge in [0, 0.05) is 6.54 Å². The van der Waals surface area contributed by atoms with Crippen LogP contribution in [0.3, 0.4) is 0 Å². The average Bonchev–Trinajstić information content (AvgIpc) is 3.13. The van der Waals surface area contributed by atoms with Crippen LogP contribution in [0.2, 0.25) is 5.02 Å². The molecule has 3 aromatic carbocycles. The molecule has 1 N–H and O–H groups in total. The van der Waals surface area contributed by atoms with Gasteiger partial charge in [0.2, 0.25) is 0 Å². The average molecular weight is 432 g/mol. The molecular weight excluding hydrogens is 406 g/mol. The van der Waals surface area contributed by atoms with Crippen LogP contribution in [-0.2, 0) is 6.54 Å². The van der Waals surface area contributed by atoms with Gasteiger partial charge < -0.3 is 9.88 Å². The molecule has 4 nitrogen and oxygen atoms in total. The lowest BCUT2D eigenvalue weighted by Gasteiger charge is -2.17. The van der Waals surface area contributed by atoms with Gasteiger partial charge in [-0.2, -0.15) is 0 Å². The molecule has 0 radical (unpaired) electrons. The predicted molar refractivity (Wildman–Crippen MR) is 127 cm³/mol. The minimum absolute atomic E-state index is 0.210. The van der Waals surface area contributed by atoms with Gasteiger partial charge in [-0.1, -0.05) is 74.0 Å². The number of aromatic nitrogens is 2. The van der Waals surface area contributed by atoms with E-state index < -0.39 is 0 Å². The van der Waals surface area contributed by atoms with E-state index in [0.717, 1.165) is 16.9 Å². The van der Waals surface area contributed by atoms with Crippen molar-refractivity contribution in [2.75, 3.05) is 0 Å². The van der Waals surface area contributed by atoms with Crippen molar-refractivity contribution in [1.82, 2.24) is 14.9 Å². The molecule has 0 bridgehead atoms. The summed E-state index contributed by atoms with van der Waals surface area (Å²) in [4.78, 5) is 17.6. The van der Waals surface area contributed by atoms with Gasteiger partial charge in [0.1, 0.15) is 5.82 Å². The summed E-state index contributed by atoms with van der Waals surface area (Å²) < 4.78 is 2.18. The number of nitrogens with zero attached hydrogens (tertiary/aromatic N) is 2. The summed E-state index contributed by atoms with van der Waals surface area (Å²) in [5.74, 6) is 1.10. The van der Waals surface area contributed by atoms with Gasteiger partial charge in [0.05, 0.1) is 27.7 Å². The minimum atomic E-state index is -0.286. The minimum Gasteiger partial charge on any atom is -0.342 e. The Morgan fingerprint density at radius 1 is 0.968 bits per heavy atom. The molecule has 1 heterocycles. The lowest BCUT2D eigenvalue weighted by molar-refractivity contribution is 0.0938. The number of nitrogens with one attached hydrogen (secondary N) is 1. The molecule has 1 atom stereocenters. The summed E-state index contributed by atoms with van der Waals surface area (Å²) in [6.07, 6.45) is 0. The van der Waals surface area contributed by atoms with Crippen molar-refractivity contribution >= 4 is 28.5 Å². The molecule has 1 amide bonds. The van der Waals surface area contributed by atoms with Crippen molar-refractivity contribution in [3.8, 4) is 0 Å². The topological polar surface area (TPSA) is 46.9 Å². The van der Waals surface area contributed by atoms with Gasteiger partial charge in [-0.05, 0) is 48.2 Å².